The quantitative estimate of drug-likeness (QED) is 0.486. The molecular formula is C10H9NO2. The van der Waals surface area contributed by atoms with E-state index in [4.69, 9.17) is 4.74 Å². The maximum absolute atomic E-state index is 11.0. The Morgan fingerprint density at radius 1 is 1.23 bits per heavy atom. The summed E-state index contributed by atoms with van der Waals surface area (Å²) in [5, 5.41) is 12.9. The summed E-state index contributed by atoms with van der Waals surface area (Å²) in [4.78, 5) is 0. The van der Waals surface area contributed by atoms with E-state index in [1.807, 2.05) is 18.2 Å². The number of pyridine rings is 1. The van der Waals surface area contributed by atoms with Gasteiger partial charge in [0, 0.05) is 6.07 Å². The van der Waals surface area contributed by atoms with Gasteiger partial charge in [0.15, 0.2) is 12.4 Å². The third kappa shape index (κ3) is 1.40. The topological polar surface area (TPSA) is 36.2 Å². The van der Waals surface area contributed by atoms with E-state index in [2.05, 4.69) is 0 Å². The van der Waals surface area contributed by atoms with Gasteiger partial charge in [-0.3, -0.25) is 0 Å². The molecule has 1 heterocycles. The standard InChI is InChI=1S/C10H9NO2/c1-13-10-3-2-8-4-5-11(12)7-9(8)6-10/h2-7H,1H3. The summed E-state index contributed by atoms with van der Waals surface area (Å²) < 4.78 is 5.83. The van der Waals surface area contributed by atoms with Crippen LogP contribution in [0.25, 0.3) is 10.8 Å². The highest BCUT2D eigenvalue weighted by molar-refractivity contribution is 5.82. The van der Waals surface area contributed by atoms with Gasteiger partial charge < -0.3 is 9.94 Å². The third-order valence-corrected chi connectivity index (χ3v) is 1.96. The van der Waals surface area contributed by atoms with Crippen molar-refractivity contribution in [3.8, 4) is 5.75 Å². The summed E-state index contributed by atoms with van der Waals surface area (Å²) in [6.07, 6.45) is 3.01. The molecule has 0 unspecified atom stereocenters. The highest BCUT2D eigenvalue weighted by Gasteiger charge is 1.98. The summed E-state index contributed by atoms with van der Waals surface area (Å²) in [6.45, 7) is 0. The number of hydrogen-bond donors (Lipinski definition) is 0. The molecule has 0 atom stereocenters. The van der Waals surface area contributed by atoms with Crippen molar-refractivity contribution in [2.24, 2.45) is 0 Å². The van der Waals surface area contributed by atoms with Crippen molar-refractivity contribution in [1.29, 1.82) is 0 Å². The molecule has 0 N–H and O–H groups in total. The Labute approximate surface area is 75.8 Å². The van der Waals surface area contributed by atoms with Crippen molar-refractivity contribution in [3.05, 3.63) is 41.9 Å². The van der Waals surface area contributed by atoms with Crippen LogP contribution in [0.1, 0.15) is 0 Å². The minimum Gasteiger partial charge on any atom is -0.619 e. The van der Waals surface area contributed by atoms with E-state index in [0.717, 1.165) is 21.3 Å². The van der Waals surface area contributed by atoms with E-state index >= 15 is 0 Å². The smallest absolute Gasteiger partial charge is 0.188 e. The third-order valence-electron chi connectivity index (χ3n) is 1.96. The van der Waals surface area contributed by atoms with Crippen molar-refractivity contribution < 1.29 is 9.47 Å². The summed E-state index contributed by atoms with van der Waals surface area (Å²) in [6, 6.07) is 7.41. The minimum atomic E-state index is 0.763. The zero-order valence-corrected chi connectivity index (χ0v) is 7.23. The van der Waals surface area contributed by atoms with E-state index in [0.29, 0.717) is 0 Å². The lowest BCUT2D eigenvalue weighted by Crippen LogP contribution is -2.23. The van der Waals surface area contributed by atoms with Crippen molar-refractivity contribution >= 4 is 10.8 Å². The molecule has 0 aliphatic rings. The molecule has 13 heavy (non-hydrogen) atoms. The summed E-state index contributed by atoms with van der Waals surface area (Å²) in [5.41, 5.74) is 0. The van der Waals surface area contributed by atoms with Crippen LogP contribution < -0.4 is 9.47 Å². The molecule has 0 saturated heterocycles. The maximum Gasteiger partial charge on any atom is 0.188 e. The predicted octanol–water partition coefficient (Wildman–Crippen LogP) is 1.48. The van der Waals surface area contributed by atoms with Gasteiger partial charge >= 0.3 is 0 Å². The fourth-order valence-corrected chi connectivity index (χ4v) is 1.28. The number of benzene rings is 1. The largest absolute Gasteiger partial charge is 0.619 e. The summed E-state index contributed by atoms with van der Waals surface area (Å²) in [7, 11) is 1.61. The fourth-order valence-electron chi connectivity index (χ4n) is 1.28. The lowest BCUT2D eigenvalue weighted by atomic mass is 10.2. The number of rotatable bonds is 1. The molecule has 0 spiro atoms. The Hall–Kier alpha value is -1.77. The highest BCUT2D eigenvalue weighted by Crippen LogP contribution is 2.18. The van der Waals surface area contributed by atoms with Crippen molar-refractivity contribution in [3.63, 3.8) is 0 Å². The molecular weight excluding hydrogens is 166 g/mol. The Morgan fingerprint density at radius 3 is 2.85 bits per heavy atom. The van der Waals surface area contributed by atoms with Crippen LogP contribution in [0.3, 0.4) is 0 Å². The number of methoxy groups -OCH3 is 1. The van der Waals surface area contributed by atoms with Crippen molar-refractivity contribution in [2.45, 2.75) is 0 Å². The summed E-state index contributed by atoms with van der Waals surface area (Å²) >= 11 is 0. The molecule has 1 aromatic heterocycles. The predicted molar refractivity (Wildman–Crippen MR) is 49.5 cm³/mol. The number of aromatic nitrogens is 1. The lowest BCUT2D eigenvalue weighted by molar-refractivity contribution is -0.603. The van der Waals surface area contributed by atoms with Crippen molar-refractivity contribution in [2.75, 3.05) is 7.11 Å². The molecule has 0 saturated carbocycles. The van der Waals surface area contributed by atoms with E-state index in [1.165, 1.54) is 12.4 Å². The average molecular weight is 175 g/mol. The molecule has 0 bridgehead atoms. The Balaban J connectivity index is 2.68. The van der Waals surface area contributed by atoms with Crippen LogP contribution in [0.5, 0.6) is 5.75 Å². The maximum atomic E-state index is 11.0. The molecule has 0 amide bonds. The fraction of sp³-hybridized carbons (Fsp3) is 0.100. The van der Waals surface area contributed by atoms with Gasteiger partial charge in [-0.2, -0.15) is 4.73 Å². The molecule has 3 nitrogen and oxygen atoms in total. The highest BCUT2D eigenvalue weighted by atomic mass is 16.5. The normalized spacial score (nSPS) is 10.2. The van der Waals surface area contributed by atoms with Crippen LogP contribution in [0.2, 0.25) is 0 Å². The van der Waals surface area contributed by atoms with Gasteiger partial charge in [0.1, 0.15) is 5.75 Å². The van der Waals surface area contributed by atoms with Gasteiger partial charge in [0.2, 0.25) is 0 Å². The monoisotopic (exact) mass is 175 g/mol. The average Bonchev–Trinajstić information content (AvgIpc) is 2.16. The van der Waals surface area contributed by atoms with E-state index in [-0.39, 0.29) is 0 Å². The molecule has 66 valence electrons. The second-order valence-electron chi connectivity index (χ2n) is 2.80. The zero-order chi connectivity index (χ0) is 9.26. The second-order valence-corrected chi connectivity index (χ2v) is 2.80. The molecule has 0 fully saturated rings. The zero-order valence-electron chi connectivity index (χ0n) is 7.23. The molecule has 0 aliphatic heterocycles. The first-order chi connectivity index (χ1) is 6.29. The van der Waals surface area contributed by atoms with Gasteiger partial charge in [-0.15, -0.1) is 0 Å². The van der Waals surface area contributed by atoms with Gasteiger partial charge in [0.25, 0.3) is 0 Å². The van der Waals surface area contributed by atoms with Crippen molar-refractivity contribution in [1.82, 2.24) is 0 Å². The van der Waals surface area contributed by atoms with Gasteiger partial charge in [-0.1, -0.05) is 6.07 Å². The van der Waals surface area contributed by atoms with E-state index in [9.17, 15) is 5.21 Å². The van der Waals surface area contributed by atoms with Crippen LogP contribution >= 0.6 is 0 Å². The Bertz CT molecular complexity index is 440. The number of ether oxygens (including phenoxy) is 1. The first-order valence-electron chi connectivity index (χ1n) is 3.96. The molecule has 3 heteroatoms. The molecule has 1 aromatic carbocycles. The van der Waals surface area contributed by atoms with Crippen LogP contribution in [0, 0.1) is 5.21 Å². The first-order valence-corrected chi connectivity index (χ1v) is 3.96. The van der Waals surface area contributed by atoms with E-state index in [1.54, 1.807) is 13.2 Å². The van der Waals surface area contributed by atoms with Crippen LogP contribution in [-0.2, 0) is 0 Å². The van der Waals surface area contributed by atoms with Crippen LogP contribution in [-0.4, -0.2) is 7.11 Å². The van der Waals surface area contributed by atoms with Gasteiger partial charge in [-0.05, 0) is 17.5 Å². The first kappa shape index (κ1) is 7.86. The SMILES string of the molecule is COc1ccc2cc[n+]([O-])cc2c1. The number of nitrogens with zero attached hydrogens (tertiary/aromatic N) is 1. The minimum absolute atomic E-state index is 0.763. The molecule has 0 aliphatic carbocycles. The van der Waals surface area contributed by atoms with Crippen LogP contribution in [0.4, 0.5) is 0 Å². The molecule has 0 radical (unpaired) electrons. The Morgan fingerprint density at radius 2 is 2.08 bits per heavy atom. The van der Waals surface area contributed by atoms with Gasteiger partial charge in [-0.25, -0.2) is 0 Å². The Kier molecular flexibility index (Phi) is 1.77. The molecule has 2 rings (SSSR count). The summed E-state index contributed by atoms with van der Waals surface area (Å²) in [5.74, 6) is 0.763. The lowest BCUT2D eigenvalue weighted by Gasteiger charge is -2.01. The number of fused-ring (bicyclic) bond motifs is 1. The van der Waals surface area contributed by atoms with Crippen LogP contribution in [0.15, 0.2) is 36.7 Å². The van der Waals surface area contributed by atoms with E-state index < -0.39 is 0 Å². The molecule has 2 aromatic rings. The van der Waals surface area contributed by atoms with Gasteiger partial charge in [0.05, 0.1) is 12.5 Å². The second kappa shape index (κ2) is 2.94. The number of hydrogen-bond acceptors (Lipinski definition) is 2.